The van der Waals surface area contributed by atoms with Crippen LogP contribution in [0, 0.1) is 17.6 Å². The SMILES string of the molecule is Cl.Cn1c(C(=O)N2CCN(C(=O)C(N)C3CCCCC3)CC2)c(OCCOCCOCc2ccccc2)c2cc(F)c(F)cc21. The molecule has 1 aliphatic heterocycles. The molecule has 1 aliphatic carbocycles. The molecule has 2 heterocycles. The Bertz CT molecular complexity index is 1430. The van der Waals surface area contributed by atoms with Crippen molar-refractivity contribution in [2.24, 2.45) is 18.7 Å². The Morgan fingerprint density at radius 1 is 0.889 bits per heavy atom. The zero-order valence-corrected chi connectivity index (χ0v) is 26.5. The molecule has 1 saturated heterocycles. The lowest BCUT2D eigenvalue weighted by Gasteiger charge is -2.37. The molecule has 2 aliphatic rings. The number of aryl methyl sites for hydroxylation is 1. The number of aromatic nitrogens is 1. The van der Waals surface area contributed by atoms with Gasteiger partial charge >= 0.3 is 0 Å². The number of amides is 2. The van der Waals surface area contributed by atoms with Crippen LogP contribution < -0.4 is 10.5 Å². The monoisotopic (exact) mass is 648 g/mol. The molecule has 0 spiro atoms. The van der Waals surface area contributed by atoms with Crippen LogP contribution in [0.2, 0.25) is 0 Å². The minimum atomic E-state index is -1.03. The fourth-order valence-corrected chi connectivity index (χ4v) is 6.15. The van der Waals surface area contributed by atoms with Gasteiger partial charge in [-0.3, -0.25) is 9.59 Å². The van der Waals surface area contributed by atoms with Crippen molar-refractivity contribution in [2.45, 2.75) is 44.8 Å². The van der Waals surface area contributed by atoms with Gasteiger partial charge in [0.05, 0.1) is 38.0 Å². The van der Waals surface area contributed by atoms with Crippen molar-refractivity contribution in [3.05, 3.63) is 65.4 Å². The van der Waals surface area contributed by atoms with E-state index in [-0.39, 0.29) is 54.8 Å². The third kappa shape index (κ3) is 8.32. The van der Waals surface area contributed by atoms with Gasteiger partial charge in [0.25, 0.3) is 5.91 Å². The molecule has 1 saturated carbocycles. The second-order valence-corrected chi connectivity index (χ2v) is 11.6. The zero-order chi connectivity index (χ0) is 31.1. The van der Waals surface area contributed by atoms with Gasteiger partial charge in [0.15, 0.2) is 23.1 Å². The van der Waals surface area contributed by atoms with Crippen LogP contribution in [0.25, 0.3) is 10.9 Å². The predicted molar refractivity (Wildman–Crippen MR) is 170 cm³/mol. The first-order valence-corrected chi connectivity index (χ1v) is 15.5. The summed E-state index contributed by atoms with van der Waals surface area (Å²) in [4.78, 5) is 30.3. The highest BCUT2D eigenvalue weighted by Crippen LogP contribution is 2.35. The van der Waals surface area contributed by atoms with Gasteiger partial charge < -0.3 is 34.3 Å². The molecule has 3 aromatic rings. The summed E-state index contributed by atoms with van der Waals surface area (Å²) >= 11 is 0. The fraction of sp³-hybridized carbons (Fsp3) is 0.515. The molecule has 1 aromatic heterocycles. The van der Waals surface area contributed by atoms with Crippen LogP contribution in [0.1, 0.15) is 48.2 Å². The number of ether oxygens (including phenoxy) is 3. The molecular weight excluding hydrogens is 606 g/mol. The number of rotatable bonds is 12. The number of nitrogens with two attached hydrogens (primary N) is 1. The Kier molecular flexibility index (Phi) is 12.6. The van der Waals surface area contributed by atoms with Crippen LogP contribution in [-0.4, -0.2) is 84.8 Å². The first-order valence-electron chi connectivity index (χ1n) is 15.5. The van der Waals surface area contributed by atoms with Crippen molar-refractivity contribution in [1.29, 1.82) is 0 Å². The number of carbonyl (C=O) groups is 2. The molecule has 1 unspecified atom stereocenters. The van der Waals surface area contributed by atoms with Gasteiger partial charge in [0.1, 0.15) is 6.61 Å². The highest BCUT2D eigenvalue weighted by Gasteiger charge is 2.34. The van der Waals surface area contributed by atoms with E-state index in [4.69, 9.17) is 19.9 Å². The van der Waals surface area contributed by atoms with E-state index >= 15 is 0 Å². The Balaban J connectivity index is 0.00000461. The van der Waals surface area contributed by atoms with Crippen molar-refractivity contribution < 1.29 is 32.6 Å². The molecule has 12 heteroatoms. The van der Waals surface area contributed by atoms with Gasteiger partial charge in [0, 0.05) is 44.7 Å². The summed E-state index contributed by atoms with van der Waals surface area (Å²) in [6, 6.07) is 11.4. The summed E-state index contributed by atoms with van der Waals surface area (Å²) in [6.45, 7) is 2.92. The minimum Gasteiger partial charge on any atom is -0.488 e. The summed E-state index contributed by atoms with van der Waals surface area (Å²) in [6.07, 6.45) is 5.35. The van der Waals surface area contributed by atoms with Gasteiger partial charge in [-0.15, -0.1) is 12.4 Å². The predicted octanol–water partition coefficient (Wildman–Crippen LogP) is 4.68. The summed E-state index contributed by atoms with van der Waals surface area (Å²) in [7, 11) is 1.63. The number of benzene rings is 2. The van der Waals surface area contributed by atoms with Gasteiger partial charge in [-0.05, 0) is 30.4 Å². The Hall–Kier alpha value is -3.25. The molecule has 45 heavy (non-hydrogen) atoms. The van der Waals surface area contributed by atoms with Gasteiger partial charge in [0.2, 0.25) is 5.91 Å². The lowest BCUT2D eigenvalue weighted by Crippen LogP contribution is -2.56. The van der Waals surface area contributed by atoms with Crippen LogP contribution in [0.4, 0.5) is 8.78 Å². The lowest BCUT2D eigenvalue weighted by atomic mass is 9.83. The highest BCUT2D eigenvalue weighted by atomic mass is 35.5. The molecule has 2 N–H and O–H groups in total. The molecule has 2 aromatic carbocycles. The molecular formula is C33H43ClF2N4O5. The Labute approximate surface area is 269 Å². The number of carbonyl (C=O) groups excluding carboxylic acids is 2. The normalized spacial score (nSPS) is 16.4. The lowest BCUT2D eigenvalue weighted by molar-refractivity contribution is -0.135. The molecule has 0 radical (unpaired) electrons. The van der Waals surface area contributed by atoms with E-state index in [0.29, 0.717) is 56.9 Å². The van der Waals surface area contributed by atoms with E-state index in [1.54, 1.807) is 16.8 Å². The third-order valence-electron chi connectivity index (χ3n) is 8.68. The Morgan fingerprint density at radius 2 is 1.51 bits per heavy atom. The zero-order valence-electron chi connectivity index (χ0n) is 25.7. The third-order valence-corrected chi connectivity index (χ3v) is 8.68. The van der Waals surface area contributed by atoms with Crippen molar-refractivity contribution in [3.8, 4) is 5.75 Å². The van der Waals surface area contributed by atoms with E-state index in [0.717, 1.165) is 43.4 Å². The molecule has 9 nitrogen and oxygen atoms in total. The van der Waals surface area contributed by atoms with E-state index in [2.05, 4.69) is 0 Å². The molecule has 1 atom stereocenters. The van der Waals surface area contributed by atoms with E-state index in [9.17, 15) is 18.4 Å². The number of piperazine rings is 1. The maximum Gasteiger partial charge on any atom is 0.274 e. The first kappa shape index (κ1) is 34.6. The standard InChI is InChI=1S/C33H42F2N4O5.ClH/c1-37-28-21-27(35)26(34)20-25(28)31(44-19-18-42-16-17-43-22-23-8-4-2-5-9-23)30(37)33(41)39-14-12-38(13-15-39)32(40)29(36)24-10-6-3-7-11-24;/h2,4-5,8-9,20-21,24,29H,3,6-7,10-19,22,36H2,1H3;1H. The minimum absolute atomic E-state index is 0. The smallest absolute Gasteiger partial charge is 0.274 e. The van der Waals surface area contributed by atoms with E-state index in [1.165, 1.54) is 11.0 Å². The summed E-state index contributed by atoms with van der Waals surface area (Å²) in [5.74, 6) is -2.05. The number of nitrogens with zero attached hydrogens (tertiary/aromatic N) is 3. The molecule has 2 amide bonds. The Morgan fingerprint density at radius 3 is 2.22 bits per heavy atom. The van der Waals surface area contributed by atoms with Crippen LogP contribution in [0.15, 0.2) is 42.5 Å². The summed E-state index contributed by atoms with van der Waals surface area (Å²) in [5.41, 5.74) is 7.96. The van der Waals surface area contributed by atoms with E-state index < -0.39 is 17.7 Å². The number of hydrogen-bond acceptors (Lipinski definition) is 6. The quantitative estimate of drug-likeness (QED) is 0.287. The largest absolute Gasteiger partial charge is 0.488 e. The van der Waals surface area contributed by atoms with Gasteiger partial charge in [-0.2, -0.15) is 0 Å². The summed E-state index contributed by atoms with van der Waals surface area (Å²) < 4.78 is 47.3. The average Bonchev–Trinajstić information content (AvgIpc) is 3.31. The van der Waals surface area contributed by atoms with Crippen LogP contribution in [0.5, 0.6) is 5.75 Å². The molecule has 246 valence electrons. The molecule has 2 fully saturated rings. The van der Waals surface area contributed by atoms with Gasteiger partial charge in [-0.1, -0.05) is 49.6 Å². The van der Waals surface area contributed by atoms with Gasteiger partial charge in [-0.25, -0.2) is 8.78 Å². The molecule has 0 bridgehead atoms. The number of fused-ring (bicyclic) bond motifs is 1. The van der Waals surface area contributed by atoms with Crippen molar-refractivity contribution in [2.75, 3.05) is 52.6 Å². The fourth-order valence-electron chi connectivity index (χ4n) is 6.15. The van der Waals surface area contributed by atoms with Crippen molar-refractivity contribution >= 4 is 35.1 Å². The van der Waals surface area contributed by atoms with Crippen LogP contribution in [0.3, 0.4) is 0 Å². The summed E-state index contributed by atoms with van der Waals surface area (Å²) in [5, 5.41) is 0.299. The molecule has 5 rings (SSSR count). The second-order valence-electron chi connectivity index (χ2n) is 11.6. The van der Waals surface area contributed by atoms with Crippen LogP contribution >= 0.6 is 12.4 Å². The van der Waals surface area contributed by atoms with Crippen molar-refractivity contribution in [1.82, 2.24) is 14.4 Å². The topological polar surface area (TPSA) is 99.3 Å². The maximum atomic E-state index is 14.3. The van der Waals surface area contributed by atoms with Crippen LogP contribution in [-0.2, 0) is 27.9 Å². The van der Waals surface area contributed by atoms with Crippen molar-refractivity contribution in [3.63, 3.8) is 0 Å². The average molecular weight is 649 g/mol. The highest BCUT2D eigenvalue weighted by molar-refractivity contribution is 6.04. The number of halogens is 3. The van der Waals surface area contributed by atoms with E-state index in [1.807, 2.05) is 30.3 Å². The second kappa shape index (κ2) is 16.4. The number of hydrogen-bond donors (Lipinski definition) is 1. The first-order chi connectivity index (χ1) is 21.3. The maximum absolute atomic E-state index is 14.3.